The normalized spacial score (nSPS) is 25.1. The van der Waals surface area contributed by atoms with Crippen LogP contribution in [0.2, 0.25) is 0 Å². The minimum absolute atomic E-state index is 0.00463. The monoisotopic (exact) mass is 126 g/mol. The lowest BCUT2D eigenvalue weighted by atomic mass is 9.97. The molecule has 1 aliphatic carbocycles. The SMILES string of the molecule is [CH2]CC(N)C1(C=O)CC1. The fourth-order valence-corrected chi connectivity index (χ4v) is 1.01. The van der Waals surface area contributed by atoms with E-state index in [0.29, 0.717) is 6.42 Å². The molecule has 0 aliphatic heterocycles. The molecule has 9 heavy (non-hydrogen) atoms. The predicted octanol–water partition coefficient (Wildman–Crippen LogP) is 0.517. The van der Waals surface area contributed by atoms with Crippen molar-refractivity contribution in [2.45, 2.75) is 25.3 Å². The Morgan fingerprint density at radius 3 is 2.44 bits per heavy atom. The van der Waals surface area contributed by atoms with Crippen molar-refractivity contribution in [2.24, 2.45) is 11.1 Å². The number of aldehydes is 1. The first-order valence-corrected chi connectivity index (χ1v) is 3.26. The predicted molar refractivity (Wildman–Crippen MR) is 35.7 cm³/mol. The number of carbonyl (C=O) groups is 1. The summed E-state index contributed by atoms with van der Waals surface area (Å²) in [6.07, 6.45) is 3.59. The Labute approximate surface area is 55.4 Å². The molecule has 0 amide bonds. The quantitative estimate of drug-likeness (QED) is 0.560. The zero-order valence-corrected chi connectivity index (χ0v) is 5.47. The Bertz CT molecular complexity index is 118. The van der Waals surface area contributed by atoms with Crippen molar-refractivity contribution in [3.8, 4) is 0 Å². The molecule has 2 N–H and O–H groups in total. The molecule has 51 valence electrons. The lowest BCUT2D eigenvalue weighted by Crippen LogP contribution is -2.31. The van der Waals surface area contributed by atoms with Crippen molar-refractivity contribution in [2.75, 3.05) is 0 Å². The van der Waals surface area contributed by atoms with Crippen molar-refractivity contribution in [1.29, 1.82) is 0 Å². The topological polar surface area (TPSA) is 43.1 Å². The third-order valence-corrected chi connectivity index (χ3v) is 2.11. The molecule has 0 aromatic carbocycles. The van der Waals surface area contributed by atoms with Crippen LogP contribution in [0, 0.1) is 12.3 Å². The van der Waals surface area contributed by atoms with Crippen LogP contribution in [-0.2, 0) is 4.79 Å². The fraction of sp³-hybridized carbons (Fsp3) is 0.714. The summed E-state index contributed by atoms with van der Waals surface area (Å²) in [4.78, 5) is 10.4. The van der Waals surface area contributed by atoms with Gasteiger partial charge in [0.2, 0.25) is 0 Å². The summed E-state index contributed by atoms with van der Waals surface area (Å²) < 4.78 is 0. The molecule has 0 aromatic rings. The zero-order valence-electron chi connectivity index (χ0n) is 5.47. The first kappa shape index (κ1) is 6.75. The van der Waals surface area contributed by atoms with Crippen molar-refractivity contribution in [3.05, 3.63) is 6.92 Å². The maximum Gasteiger partial charge on any atom is 0.127 e. The Kier molecular flexibility index (Phi) is 1.58. The molecule has 0 spiro atoms. The number of hydrogen-bond acceptors (Lipinski definition) is 2. The van der Waals surface area contributed by atoms with E-state index in [-0.39, 0.29) is 11.5 Å². The van der Waals surface area contributed by atoms with Crippen molar-refractivity contribution < 1.29 is 4.79 Å². The van der Waals surface area contributed by atoms with E-state index in [9.17, 15) is 4.79 Å². The molecule has 0 heterocycles. The van der Waals surface area contributed by atoms with Gasteiger partial charge in [0.05, 0.1) is 0 Å². The van der Waals surface area contributed by atoms with Crippen molar-refractivity contribution in [1.82, 2.24) is 0 Å². The second-order valence-corrected chi connectivity index (χ2v) is 2.75. The van der Waals surface area contributed by atoms with E-state index >= 15 is 0 Å². The molecule has 1 saturated carbocycles. The van der Waals surface area contributed by atoms with Crippen LogP contribution in [0.15, 0.2) is 0 Å². The number of carbonyl (C=O) groups excluding carboxylic acids is 1. The van der Waals surface area contributed by atoms with Crippen LogP contribution in [0.3, 0.4) is 0 Å². The van der Waals surface area contributed by atoms with E-state index < -0.39 is 0 Å². The zero-order chi connectivity index (χ0) is 6.91. The highest BCUT2D eigenvalue weighted by molar-refractivity contribution is 5.64. The van der Waals surface area contributed by atoms with Crippen LogP contribution in [0.25, 0.3) is 0 Å². The molecule has 2 nitrogen and oxygen atoms in total. The van der Waals surface area contributed by atoms with Crippen LogP contribution in [0.5, 0.6) is 0 Å². The van der Waals surface area contributed by atoms with Gasteiger partial charge in [-0.2, -0.15) is 0 Å². The number of rotatable bonds is 3. The molecule has 1 rings (SSSR count). The van der Waals surface area contributed by atoms with Crippen LogP contribution < -0.4 is 5.73 Å². The number of hydrogen-bond donors (Lipinski definition) is 1. The third kappa shape index (κ3) is 0.990. The maximum absolute atomic E-state index is 10.4. The second kappa shape index (κ2) is 2.10. The Balaban J connectivity index is 2.48. The summed E-state index contributed by atoms with van der Waals surface area (Å²) in [6.45, 7) is 3.66. The molecule has 1 unspecified atom stereocenters. The van der Waals surface area contributed by atoms with Crippen LogP contribution in [0.4, 0.5) is 0 Å². The molecule has 1 radical (unpaired) electrons. The molecule has 1 atom stereocenters. The standard InChI is InChI=1S/C7H12NO/c1-2-6(8)7(5-9)3-4-7/h5-6H,1-4,8H2. The Morgan fingerprint density at radius 1 is 1.78 bits per heavy atom. The van der Waals surface area contributed by atoms with Gasteiger partial charge in [0.25, 0.3) is 0 Å². The van der Waals surface area contributed by atoms with Gasteiger partial charge < -0.3 is 10.5 Å². The first-order valence-electron chi connectivity index (χ1n) is 3.26. The van der Waals surface area contributed by atoms with E-state index in [4.69, 9.17) is 5.73 Å². The Hall–Kier alpha value is -0.370. The van der Waals surface area contributed by atoms with Gasteiger partial charge in [-0.3, -0.25) is 0 Å². The van der Waals surface area contributed by atoms with E-state index in [1.54, 1.807) is 0 Å². The average molecular weight is 126 g/mol. The fourth-order valence-electron chi connectivity index (χ4n) is 1.01. The van der Waals surface area contributed by atoms with E-state index in [2.05, 4.69) is 6.92 Å². The van der Waals surface area contributed by atoms with Gasteiger partial charge in [0.15, 0.2) is 0 Å². The highest BCUT2D eigenvalue weighted by atomic mass is 16.1. The second-order valence-electron chi connectivity index (χ2n) is 2.75. The van der Waals surface area contributed by atoms with Crippen LogP contribution in [0.1, 0.15) is 19.3 Å². The van der Waals surface area contributed by atoms with E-state index in [1.165, 1.54) is 0 Å². The van der Waals surface area contributed by atoms with Gasteiger partial charge in [-0.1, -0.05) is 6.92 Å². The largest absolute Gasteiger partial charge is 0.327 e. The summed E-state index contributed by atoms with van der Waals surface area (Å²) in [6, 6.07) is -0.00463. The summed E-state index contributed by atoms with van der Waals surface area (Å²) in [5.74, 6) is 0. The molecule has 0 saturated heterocycles. The summed E-state index contributed by atoms with van der Waals surface area (Å²) in [5.41, 5.74) is 5.47. The molecular formula is C7H12NO. The summed E-state index contributed by atoms with van der Waals surface area (Å²) in [7, 11) is 0. The van der Waals surface area contributed by atoms with Crippen molar-refractivity contribution in [3.63, 3.8) is 0 Å². The van der Waals surface area contributed by atoms with Gasteiger partial charge in [0.1, 0.15) is 6.29 Å². The van der Waals surface area contributed by atoms with Gasteiger partial charge in [-0.15, -0.1) is 0 Å². The molecule has 1 aliphatic rings. The van der Waals surface area contributed by atoms with Crippen LogP contribution in [-0.4, -0.2) is 12.3 Å². The van der Waals surface area contributed by atoms with E-state index in [1.807, 2.05) is 0 Å². The first-order chi connectivity index (χ1) is 4.25. The van der Waals surface area contributed by atoms with Gasteiger partial charge in [-0.05, 0) is 19.3 Å². The minimum atomic E-state index is -0.165. The van der Waals surface area contributed by atoms with Gasteiger partial charge >= 0.3 is 0 Å². The molecular weight excluding hydrogens is 114 g/mol. The molecule has 0 aromatic heterocycles. The third-order valence-electron chi connectivity index (χ3n) is 2.11. The molecule has 1 fully saturated rings. The lowest BCUT2D eigenvalue weighted by Gasteiger charge is -2.13. The molecule has 0 bridgehead atoms. The highest BCUT2D eigenvalue weighted by Crippen LogP contribution is 2.46. The van der Waals surface area contributed by atoms with Gasteiger partial charge in [0, 0.05) is 11.5 Å². The Morgan fingerprint density at radius 2 is 2.33 bits per heavy atom. The van der Waals surface area contributed by atoms with E-state index in [0.717, 1.165) is 19.1 Å². The smallest absolute Gasteiger partial charge is 0.127 e. The number of nitrogens with two attached hydrogens (primary N) is 1. The highest BCUT2D eigenvalue weighted by Gasteiger charge is 2.46. The lowest BCUT2D eigenvalue weighted by molar-refractivity contribution is -0.112. The van der Waals surface area contributed by atoms with Gasteiger partial charge in [-0.25, -0.2) is 0 Å². The van der Waals surface area contributed by atoms with Crippen molar-refractivity contribution >= 4 is 6.29 Å². The summed E-state index contributed by atoms with van der Waals surface area (Å²) >= 11 is 0. The summed E-state index contributed by atoms with van der Waals surface area (Å²) in [5, 5.41) is 0. The van der Waals surface area contributed by atoms with Crippen LogP contribution >= 0.6 is 0 Å². The maximum atomic E-state index is 10.4. The average Bonchev–Trinajstić information content (AvgIpc) is 2.66. The molecule has 2 heteroatoms. The minimum Gasteiger partial charge on any atom is -0.327 e.